The highest BCUT2D eigenvalue weighted by Gasteiger charge is 2.23. The van der Waals surface area contributed by atoms with Crippen molar-refractivity contribution in [3.63, 3.8) is 0 Å². The van der Waals surface area contributed by atoms with Gasteiger partial charge in [-0.05, 0) is 25.8 Å². The third kappa shape index (κ3) is 3.60. The van der Waals surface area contributed by atoms with Gasteiger partial charge in [0.05, 0.1) is 18.4 Å². The van der Waals surface area contributed by atoms with E-state index in [9.17, 15) is 4.79 Å². The average molecular weight is 351 g/mol. The Bertz CT molecular complexity index is 701. The lowest BCUT2D eigenvalue weighted by molar-refractivity contribution is -0.118. The number of aryl methyl sites for hydroxylation is 2. The van der Waals surface area contributed by atoms with Gasteiger partial charge >= 0.3 is 0 Å². The van der Waals surface area contributed by atoms with Gasteiger partial charge in [-0.15, -0.1) is 10.2 Å². The van der Waals surface area contributed by atoms with Gasteiger partial charge < -0.3 is 4.74 Å². The summed E-state index contributed by atoms with van der Waals surface area (Å²) >= 11 is 1.30. The first kappa shape index (κ1) is 16.9. The van der Waals surface area contributed by atoms with Gasteiger partial charge in [0, 0.05) is 19.3 Å². The molecule has 0 aliphatic carbocycles. The third-order valence-corrected chi connectivity index (χ3v) is 4.93. The summed E-state index contributed by atoms with van der Waals surface area (Å²) in [6.07, 6.45) is 2.20. The summed E-state index contributed by atoms with van der Waals surface area (Å²) < 4.78 is 9.52. The molecular weight excluding hydrogens is 330 g/mol. The van der Waals surface area contributed by atoms with Gasteiger partial charge in [-0.25, -0.2) is 5.84 Å². The molecule has 0 bridgehead atoms. The Morgan fingerprint density at radius 1 is 1.54 bits per heavy atom. The van der Waals surface area contributed by atoms with Crippen molar-refractivity contribution in [3.05, 3.63) is 11.8 Å². The molecule has 0 unspecified atom stereocenters. The maximum Gasteiger partial charge on any atom is 0.244 e. The van der Waals surface area contributed by atoms with Gasteiger partial charge in [-0.2, -0.15) is 5.10 Å². The van der Waals surface area contributed by atoms with Crippen LogP contribution in [0.2, 0.25) is 0 Å². The zero-order chi connectivity index (χ0) is 17.1. The fourth-order valence-electron chi connectivity index (χ4n) is 2.58. The van der Waals surface area contributed by atoms with E-state index in [2.05, 4.69) is 20.7 Å². The van der Waals surface area contributed by atoms with E-state index in [4.69, 9.17) is 10.6 Å². The van der Waals surface area contributed by atoms with Crippen LogP contribution in [0.25, 0.3) is 11.5 Å². The van der Waals surface area contributed by atoms with Gasteiger partial charge in [-0.3, -0.25) is 19.5 Å². The Morgan fingerprint density at radius 3 is 3.00 bits per heavy atom. The van der Waals surface area contributed by atoms with Crippen molar-refractivity contribution in [2.75, 3.05) is 12.4 Å². The number of thioether (sulfide) groups is 1. The predicted molar refractivity (Wildman–Crippen MR) is 89.0 cm³/mol. The van der Waals surface area contributed by atoms with Crippen LogP contribution in [0.5, 0.6) is 0 Å². The normalized spacial score (nSPS) is 17.4. The van der Waals surface area contributed by atoms with Gasteiger partial charge in [0.2, 0.25) is 5.91 Å². The maximum atomic E-state index is 11.4. The zero-order valence-electron chi connectivity index (χ0n) is 13.7. The van der Waals surface area contributed by atoms with E-state index < -0.39 is 0 Å². The first-order valence-electron chi connectivity index (χ1n) is 7.76. The maximum absolute atomic E-state index is 11.4. The summed E-state index contributed by atoms with van der Waals surface area (Å²) in [5.74, 6) is 5.74. The van der Waals surface area contributed by atoms with E-state index >= 15 is 0 Å². The molecule has 0 radical (unpaired) electrons. The van der Waals surface area contributed by atoms with Crippen LogP contribution >= 0.6 is 11.8 Å². The summed E-state index contributed by atoms with van der Waals surface area (Å²) in [7, 11) is 1.89. The van der Waals surface area contributed by atoms with Crippen LogP contribution in [0, 0.1) is 6.92 Å². The molecule has 1 aliphatic heterocycles. The van der Waals surface area contributed by atoms with E-state index in [1.165, 1.54) is 11.8 Å². The van der Waals surface area contributed by atoms with Crippen LogP contribution in [0.4, 0.5) is 0 Å². The number of amides is 1. The highest BCUT2D eigenvalue weighted by atomic mass is 32.2. The second-order valence-electron chi connectivity index (χ2n) is 5.70. The molecule has 1 fully saturated rings. The lowest BCUT2D eigenvalue weighted by Crippen LogP contribution is -2.31. The molecule has 1 saturated heterocycles. The van der Waals surface area contributed by atoms with E-state index in [0.29, 0.717) is 17.5 Å². The molecule has 0 aromatic carbocycles. The number of nitrogens with two attached hydrogens (primary N) is 1. The zero-order valence-corrected chi connectivity index (χ0v) is 14.5. The third-order valence-electron chi connectivity index (χ3n) is 3.96. The number of carbonyl (C=O) groups excluding carboxylic acids is 1. The number of rotatable bonds is 6. The van der Waals surface area contributed by atoms with Gasteiger partial charge in [0.25, 0.3) is 0 Å². The van der Waals surface area contributed by atoms with Crippen molar-refractivity contribution in [2.45, 2.75) is 37.6 Å². The predicted octanol–water partition coefficient (Wildman–Crippen LogP) is 0.248. The molecule has 130 valence electrons. The average Bonchev–Trinajstić information content (AvgIpc) is 3.28. The lowest BCUT2D eigenvalue weighted by Gasteiger charge is -2.13. The summed E-state index contributed by atoms with van der Waals surface area (Å²) in [4.78, 5) is 11.4. The number of hydrogen-bond donors (Lipinski definition) is 2. The van der Waals surface area contributed by atoms with Gasteiger partial charge in [0.15, 0.2) is 11.0 Å². The molecule has 0 saturated carbocycles. The van der Waals surface area contributed by atoms with Crippen molar-refractivity contribution >= 4 is 17.7 Å². The quantitative estimate of drug-likeness (QED) is 0.332. The highest BCUT2D eigenvalue weighted by molar-refractivity contribution is 7.99. The molecule has 1 aliphatic rings. The van der Waals surface area contributed by atoms with E-state index in [0.717, 1.165) is 30.8 Å². The smallest absolute Gasteiger partial charge is 0.244 e. The van der Waals surface area contributed by atoms with E-state index in [1.54, 1.807) is 4.68 Å². The molecule has 1 atom stereocenters. The van der Waals surface area contributed by atoms with Crippen molar-refractivity contribution < 1.29 is 9.53 Å². The number of hydrogen-bond acceptors (Lipinski definition) is 7. The minimum absolute atomic E-state index is 0.132. The molecule has 3 rings (SSSR count). The SMILES string of the molecule is Cc1cc(-c2nnc(SCC(=O)NN)n2C[C@@H]2CCCO2)nn1C. The Morgan fingerprint density at radius 2 is 2.38 bits per heavy atom. The summed E-state index contributed by atoms with van der Waals surface area (Å²) in [5, 5.41) is 13.7. The van der Waals surface area contributed by atoms with Crippen LogP contribution in [0.1, 0.15) is 18.5 Å². The Labute approximate surface area is 143 Å². The number of hydrazine groups is 1. The number of nitrogens with zero attached hydrogens (tertiary/aromatic N) is 5. The number of aromatic nitrogens is 5. The number of nitrogens with one attached hydrogen (secondary N) is 1. The minimum atomic E-state index is -0.262. The summed E-state index contributed by atoms with van der Waals surface area (Å²) in [6.45, 7) is 3.41. The van der Waals surface area contributed by atoms with Gasteiger partial charge in [-0.1, -0.05) is 11.8 Å². The Balaban J connectivity index is 1.89. The standard InChI is InChI=1S/C14H21N7O2S/c1-9-6-11(19-20(9)2)13-17-18-14(24-8-12(22)16-15)21(13)7-10-4-3-5-23-10/h6,10H,3-5,7-8,15H2,1-2H3,(H,16,22)/t10-/m0/s1. The Kier molecular flexibility index (Phi) is 5.17. The van der Waals surface area contributed by atoms with E-state index in [-0.39, 0.29) is 17.8 Å². The first-order chi connectivity index (χ1) is 11.6. The van der Waals surface area contributed by atoms with Crippen molar-refractivity contribution in [1.29, 1.82) is 0 Å². The van der Waals surface area contributed by atoms with Crippen molar-refractivity contribution in [2.24, 2.45) is 12.9 Å². The molecule has 3 heterocycles. The molecule has 24 heavy (non-hydrogen) atoms. The number of carbonyl (C=O) groups is 1. The molecule has 0 spiro atoms. The Hall–Kier alpha value is -1.91. The largest absolute Gasteiger partial charge is 0.376 e. The molecular formula is C14H21N7O2S. The lowest BCUT2D eigenvalue weighted by atomic mass is 10.2. The van der Waals surface area contributed by atoms with Crippen molar-refractivity contribution in [3.8, 4) is 11.5 Å². The molecule has 2 aromatic heterocycles. The second-order valence-corrected chi connectivity index (χ2v) is 6.65. The van der Waals surface area contributed by atoms with E-state index in [1.807, 2.05) is 24.6 Å². The summed E-state index contributed by atoms with van der Waals surface area (Å²) in [5.41, 5.74) is 3.91. The molecule has 1 amide bonds. The monoisotopic (exact) mass is 351 g/mol. The minimum Gasteiger partial charge on any atom is -0.376 e. The molecule has 10 heteroatoms. The van der Waals surface area contributed by atoms with Crippen LogP contribution in [0.15, 0.2) is 11.2 Å². The van der Waals surface area contributed by atoms with Crippen LogP contribution in [-0.2, 0) is 23.1 Å². The second kappa shape index (κ2) is 7.32. The fourth-order valence-corrected chi connectivity index (χ4v) is 3.34. The molecule has 3 N–H and O–H groups in total. The van der Waals surface area contributed by atoms with Crippen LogP contribution in [0.3, 0.4) is 0 Å². The summed E-state index contributed by atoms with van der Waals surface area (Å²) in [6, 6.07) is 1.97. The fraction of sp³-hybridized carbons (Fsp3) is 0.571. The van der Waals surface area contributed by atoms with Crippen LogP contribution < -0.4 is 11.3 Å². The van der Waals surface area contributed by atoms with Gasteiger partial charge in [0.1, 0.15) is 5.69 Å². The van der Waals surface area contributed by atoms with Crippen molar-refractivity contribution in [1.82, 2.24) is 30.0 Å². The first-order valence-corrected chi connectivity index (χ1v) is 8.75. The van der Waals surface area contributed by atoms with Crippen LogP contribution in [-0.4, -0.2) is 48.9 Å². The topological polar surface area (TPSA) is 113 Å². The highest BCUT2D eigenvalue weighted by Crippen LogP contribution is 2.26. The molecule has 2 aromatic rings. The number of ether oxygens (including phenoxy) is 1. The molecule has 9 nitrogen and oxygen atoms in total.